The monoisotopic (exact) mass is 399 g/mol. The number of anilines is 1. The van der Waals surface area contributed by atoms with Crippen molar-refractivity contribution in [2.75, 3.05) is 11.5 Å². The average molecular weight is 400 g/mol. The standard InChI is InChI=1S/C23H26ClNO3/c1-6-28-21(27)20(26)25-19-12-7-15(2)13-18(19)23(5,14-22(25,3)4)16-8-10-17(24)11-9-16/h7-13H,6,14H2,1-5H3/t23-/m1/s1. The lowest BCUT2D eigenvalue weighted by molar-refractivity contribution is -0.153. The lowest BCUT2D eigenvalue weighted by Crippen LogP contribution is -2.57. The Hall–Kier alpha value is -2.33. The van der Waals surface area contributed by atoms with Crippen molar-refractivity contribution in [3.8, 4) is 0 Å². The molecule has 2 aromatic carbocycles. The number of amides is 1. The molecule has 0 unspecified atom stereocenters. The number of benzene rings is 2. The Kier molecular flexibility index (Phi) is 5.28. The van der Waals surface area contributed by atoms with Crippen molar-refractivity contribution in [1.29, 1.82) is 0 Å². The van der Waals surface area contributed by atoms with Gasteiger partial charge in [0.2, 0.25) is 0 Å². The third-order valence-corrected chi connectivity index (χ3v) is 5.77. The van der Waals surface area contributed by atoms with Crippen LogP contribution >= 0.6 is 11.6 Å². The van der Waals surface area contributed by atoms with Crippen molar-refractivity contribution >= 4 is 29.2 Å². The summed E-state index contributed by atoms with van der Waals surface area (Å²) in [7, 11) is 0. The maximum absolute atomic E-state index is 13.0. The van der Waals surface area contributed by atoms with E-state index < -0.39 is 17.4 Å². The van der Waals surface area contributed by atoms with Crippen LogP contribution in [0.4, 0.5) is 5.69 Å². The highest BCUT2D eigenvalue weighted by atomic mass is 35.5. The first-order valence-electron chi connectivity index (χ1n) is 9.48. The summed E-state index contributed by atoms with van der Waals surface area (Å²) < 4.78 is 4.99. The summed E-state index contributed by atoms with van der Waals surface area (Å²) in [6.45, 7) is 10.0. The zero-order chi connectivity index (χ0) is 20.7. The molecule has 4 nitrogen and oxygen atoms in total. The van der Waals surface area contributed by atoms with Gasteiger partial charge in [0.25, 0.3) is 0 Å². The molecule has 1 amide bonds. The molecular weight excluding hydrogens is 374 g/mol. The molecule has 1 aliphatic rings. The number of aryl methyl sites for hydroxylation is 1. The average Bonchev–Trinajstić information content (AvgIpc) is 2.62. The number of hydrogen-bond donors (Lipinski definition) is 0. The third kappa shape index (κ3) is 3.42. The normalized spacial score (nSPS) is 20.4. The van der Waals surface area contributed by atoms with E-state index in [1.54, 1.807) is 11.8 Å². The van der Waals surface area contributed by atoms with E-state index in [-0.39, 0.29) is 12.0 Å². The maximum Gasteiger partial charge on any atom is 0.397 e. The molecule has 0 saturated heterocycles. The summed E-state index contributed by atoms with van der Waals surface area (Å²) in [5.74, 6) is -1.45. The molecule has 0 aromatic heterocycles. The van der Waals surface area contributed by atoms with E-state index in [1.165, 1.54) is 0 Å². The molecule has 0 bridgehead atoms. The molecule has 2 aromatic rings. The van der Waals surface area contributed by atoms with Gasteiger partial charge < -0.3 is 4.74 Å². The van der Waals surface area contributed by atoms with E-state index in [9.17, 15) is 9.59 Å². The number of nitrogens with zero attached hydrogens (tertiary/aromatic N) is 1. The highest BCUT2D eigenvalue weighted by Gasteiger charge is 2.49. The number of carbonyl (C=O) groups is 2. The summed E-state index contributed by atoms with van der Waals surface area (Å²) in [5, 5.41) is 0.686. The Morgan fingerprint density at radius 3 is 2.36 bits per heavy atom. The van der Waals surface area contributed by atoms with Crippen molar-refractivity contribution in [3.63, 3.8) is 0 Å². The van der Waals surface area contributed by atoms with Gasteiger partial charge in [-0.15, -0.1) is 0 Å². The van der Waals surface area contributed by atoms with Gasteiger partial charge in [-0.2, -0.15) is 0 Å². The highest BCUT2D eigenvalue weighted by molar-refractivity contribution is 6.38. The quantitative estimate of drug-likeness (QED) is 0.525. The third-order valence-electron chi connectivity index (χ3n) is 5.51. The Balaban J connectivity index is 2.21. The van der Waals surface area contributed by atoms with Crippen molar-refractivity contribution in [2.45, 2.75) is 52.0 Å². The minimum absolute atomic E-state index is 0.169. The number of fused-ring (bicyclic) bond motifs is 1. The molecular formula is C23H26ClNO3. The molecule has 0 N–H and O–H groups in total. The number of carbonyl (C=O) groups excluding carboxylic acids is 2. The fourth-order valence-electron chi connectivity index (χ4n) is 4.40. The fourth-order valence-corrected chi connectivity index (χ4v) is 4.52. The summed E-state index contributed by atoms with van der Waals surface area (Å²) >= 11 is 6.10. The molecule has 0 aliphatic carbocycles. The Labute approximate surface area is 171 Å². The molecule has 1 heterocycles. The summed E-state index contributed by atoms with van der Waals surface area (Å²) in [5.41, 5.74) is 3.08. The first-order valence-corrected chi connectivity index (χ1v) is 9.86. The largest absolute Gasteiger partial charge is 0.459 e. The van der Waals surface area contributed by atoms with Crippen LogP contribution in [0.15, 0.2) is 42.5 Å². The Bertz CT molecular complexity index is 920. The number of ether oxygens (including phenoxy) is 1. The molecule has 1 atom stereocenters. The number of hydrogen-bond acceptors (Lipinski definition) is 3. The number of halogens is 1. The minimum atomic E-state index is -0.822. The van der Waals surface area contributed by atoms with Gasteiger partial charge in [-0.25, -0.2) is 4.79 Å². The second kappa shape index (κ2) is 7.25. The van der Waals surface area contributed by atoms with Crippen LogP contribution in [0.2, 0.25) is 5.02 Å². The van der Waals surface area contributed by atoms with Gasteiger partial charge in [0.15, 0.2) is 0 Å². The van der Waals surface area contributed by atoms with Crippen molar-refractivity contribution in [3.05, 3.63) is 64.2 Å². The van der Waals surface area contributed by atoms with Crippen molar-refractivity contribution < 1.29 is 14.3 Å². The van der Waals surface area contributed by atoms with Crippen molar-refractivity contribution in [1.82, 2.24) is 0 Å². The molecule has 0 spiro atoms. The van der Waals surface area contributed by atoms with E-state index in [1.807, 2.05) is 57.2 Å². The van der Waals surface area contributed by atoms with Gasteiger partial charge >= 0.3 is 11.9 Å². The van der Waals surface area contributed by atoms with E-state index in [2.05, 4.69) is 13.0 Å². The lowest BCUT2D eigenvalue weighted by Gasteiger charge is -2.51. The van der Waals surface area contributed by atoms with Gasteiger partial charge in [-0.3, -0.25) is 9.69 Å². The van der Waals surface area contributed by atoms with E-state index in [0.29, 0.717) is 11.4 Å². The Morgan fingerprint density at radius 2 is 1.75 bits per heavy atom. The van der Waals surface area contributed by atoms with Crippen LogP contribution < -0.4 is 4.90 Å². The van der Waals surface area contributed by atoms with Crippen LogP contribution in [-0.2, 0) is 19.7 Å². The molecule has 0 saturated carbocycles. The SMILES string of the molecule is CCOC(=O)C(=O)N1c2ccc(C)cc2[C@@](C)(c2ccc(Cl)cc2)CC1(C)C. The van der Waals surface area contributed by atoms with Gasteiger partial charge in [-0.1, -0.05) is 48.4 Å². The molecule has 1 aliphatic heterocycles. The first kappa shape index (κ1) is 20.4. The first-order chi connectivity index (χ1) is 13.1. The number of esters is 1. The van der Waals surface area contributed by atoms with E-state index >= 15 is 0 Å². The van der Waals surface area contributed by atoms with Gasteiger partial charge in [-0.05, 0) is 63.4 Å². The molecule has 148 valence electrons. The maximum atomic E-state index is 13.0. The topological polar surface area (TPSA) is 46.6 Å². The smallest absolute Gasteiger partial charge is 0.397 e. The van der Waals surface area contributed by atoms with Crippen LogP contribution in [0.25, 0.3) is 0 Å². The summed E-state index contributed by atoms with van der Waals surface area (Å²) in [6, 6.07) is 13.8. The van der Waals surface area contributed by atoms with Crippen LogP contribution in [0.5, 0.6) is 0 Å². The number of rotatable bonds is 2. The second-order valence-electron chi connectivity index (χ2n) is 8.21. The van der Waals surface area contributed by atoms with Crippen LogP contribution in [-0.4, -0.2) is 24.0 Å². The highest BCUT2D eigenvalue weighted by Crippen LogP contribution is 2.50. The Morgan fingerprint density at radius 1 is 1.11 bits per heavy atom. The fraction of sp³-hybridized carbons (Fsp3) is 0.391. The molecule has 5 heteroatoms. The summed E-state index contributed by atoms with van der Waals surface area (Å²) in [6.07, 6.45) is 0.656. The molecule has 0 radical (unpaired) electrons. The van der Waals surface area contributed by atoms with Crippen molar-refractivity contribution in [2.24, 2.45) is 0 Å². The predicted molar refractivity (Wildman–Crippen MR) is 112 cm³/mol. The van der Waals surface area contributed by atoms with Crippen LogP contribution in [0, 0.1) is 6.92 Å². The van der Waals surface area contributed by atoms with Gasteiger partial charge in [0, 0.05) is 21.7 Å². The summed E-state index contributed by atoms with van der Waals surface area (Å²) in [4.78, 5) is 26.8. The zero-order valence-corrected chi connectivity index (χ0v) is 17.8. The van der Waals surface area contributed by atoms with Gasteiger partial charge in [0.05, 0.1) is 6.61 Å². The van der Waals surface area contributed by atoms with Crippen LogP contribution in [0.1, 0.15) is 50.8 Å². The van der Waals surface area contributed by atoms with E-state index in [4.69, 9.17) is 16.3 Å². The van der Waals surface area contributed by atoms with E-state index in [0.717, 1.165) is 22.4 Å². The molecule has 0 fully saturated rings. The lowest BCUT2D eigenvalue weighted by atomic mass is 9.65. The van der Waals surface area contributed by atoms with Gasteiger partial charge in [0.1, 0.15) is 0 Å². The molecule has 28 heavy (non-hydrogen) atoms. The predicted octanol–water partition coefficient (Wildman–Crippen LogP) is 5.03. The molecule has 3 rings (SSSR count). The second-order valence-corrected chi connectivity index (χ2v) is 8.65. The minimum Gasteiger partial charge on any atom is -0.459 e. The zero-order valence-electron chi connectivity index (χ0n) is 17.0. The van der Waals surface area contributed by atoms with Crippen LogP contribution in [0.3, 0.4) is 0 Å².